The molecule has 4 aliphatic rings. The van der Waals surface area contributed by atoms with E-state index in [1.54, 1.807) is 0 Å². The highest BCUT2D eigenvalue weighted by Crippen LogP contribution is 2.67. The van der Waals surface area contributed by atoms with Crippen LogP contribution < -0.4 is 0 Å². The van der Waals surface area contributed by atoms with Crippen molar-refractivity contribution in [2.75, 3.05) is 0 Å². The molecule has 0 saturated heterocycles. The van der Waals surface area contributed by atoms with Gasteiger partial charge in [-0.1, -0.05) is 51.1 Å². The van der Waals surface area contributed by atoms with Gasteiger partial charge in [0.15, 0.2) is 0 Å². The highest BCUT2D eigenvalue weighted by molar-refractivity contribution is 5.28. The lowest BCUT2D eigenvalue weighted by molar-refractivity contribution is -0.232. The molecule has 6 atom stereocenters. The molecule has 4 fully saturated rings. The standard InChI is InChI=1S/C20H28O/c1-19(2,3)20(21)16-10-13-9-15(12-16)18(17(20)11-13)14-7-5-4-6-8-14/h4-8,13,15-18,21H,9-12H2,1-3H3/t13-,15+,16-,17+,18+,20-/m0/s1. The van der Waals surface area contributed by atoms with Crippen molar-refractivity contribution in [1.29, 1.82) is 0 Å². The summed E-state index contributed by atoms with van der Waals surface area (Å²) in [7, 11) is 0. The van der Waals surface area contributed by atoms with Crippen molar-refractivity contribution < 1.29 is 5.11 Å². The molecule has 1 heteroatoms. The summed E-state index contributed by atoms with van der Waals surface area (Å²) in [4.78, 5) is 0. The first-order chi connectivity index (χ1) is 9.91. The van der Waals surface area contributed by atoms with E-state index in [9.17, 15) is 5.11 Å². The molecule has 0 heterocycles. The number of benzene rings is 1. The van der Waals surface area contributed by atoms with Crippen LogP contribution in [0.3, 0.4) is 0 Å². The van der Waals surface area contributed by atoms with E-state index in [0.717, 1.165) is 11.8 Å². The smallest absolute Gasteiger partial charge is 0.0757 e. The van der Waals surface area contributed by atoms with Crippen molar-refractivity contribution in [2.24, 2.45) is 29.1 Å². The maximum absolute atomic E-state index is 11.8. The third-order valence-electron chi connectivity index (χ3n) is 6.94. The van der Waals surface area contributed by atoms with Crippen molar-refractivity contribution in [2.45, 2.75) is 58.0 Å². The zero-order chi connectivity index (χ0) is 14.8. The molecule has 1 nitrogen and oxygen atoms in total. The Balaban J connectivity index is 1.80. The van der Waals surface area contributed by atoms with Crippen molar-refractivity contribution >= 4 is 0 Å². The molecule has 4 saturated carbocycles. The fourth-order valence-corrected chi connectivity index (χ4v) is 6.27. The van der Waals surface area contributed by atoms with Gasteiger partial charge in [-0.2, -0.15) is 0 Å². The summed E-state index contributed by atoms with van der Waals surface area (Å²) in [5.74, 6) is 3.23. The highest BCUT2D eigenvalue weighted by atomic mass is 16.3. The summed E-state index contributed by atoms with van der Waals surface area (Å²) < 4.78 is 0. The van der Waals surface area contributed by atoms with Gasteiger partial charge in [0.25, 0.3) is 0 Å². The predicted octanol–water partition coefficient (Wildman–Crippen LogP) is 4.61. The summed E-state index contributed by atoms with van der Waals surface area (Å²) >= 11 is 0. The van der Waals surface area contributed by atoms with Crippen molar-refractivity contribution in [3.05, 3.63) is 35.9 Å². The quantitative estimate of drug-likeness (QED) is 0.798. The highest BCUT2D eigenvalue weighted by Gasteiger charge is 2.64. The van der Waals surface area contributed by atoms with E-state index in [1.807, 2.05) is 0 Å². The second-order valence-corrected chi connectivity index (χ2v) is 8.88. The van der Waals surface area contributed by atoms with Gasteiger partial charge in [0, 0.05) is 0 Å². The monoisotopic (exact) mass is 284 g/mol. The second kappa shape index (κ2) is 4.35. The SMILES string of the molecule is CC(C)(C)[C@]1(O)[C@H]2C[C@@H]3C[C@H](C2)[C@@H](c2ccccc2)[C@H]1C3. The van der Waals surface area contributed by atoms with Gasteiger partial charge in [-0.25, -0.2) is 0 Å². The molecule has 0 amide bonds. The van der Waals surface area contributed by atoms with Crippen molar-refractivity contribution in [3.63, 3.8) is 0 Å². The molecular weight excluding hydrogens is 256 g/mol. The minimum Gasteiger partial charge on any atom is -0.389 e. The zero-order valence-corrected chi connectivity index (χ0v) is 13.5. The molecule has 1 aromatic carbocycles. The van der Waals surface area contributed by atoms with E-state index in [1.165, 1.54) is 31.2 Å². The van der Waals surface area contributed by atoms with Gasteiger partial charge in [-0.05, 0) is 66.3 Å². The normalized spacial score (nSPS) is 45.0. The summed E-state index contributed by atoms with van der Waals surface area (Å²) in [5.41, 5.74) is 0.956. The number of aliphatic hydroxyl groups is 1. The zero-order valence-electron chi connectivity index (χ0n) is 13.5. The molecule has 5 rings (SSSR count). The Bertz CT molecular complexity index is 529. The van der Waals surface area contributed by atoms with Gasteiger partial charge in [-0.3, -0.25) is 0 Å². The van der Waals surface area contributed by atoms with Gasteiger partial charge < -0.3 is 5.11 Å². The fraction of sp³-hybridized carbons (Fsp3) is 0.700. The molecule has 4 bridgehead atoms. The Morgan fingerprint density at radius 3 is 2.38 bits per heavy atom. The van der Waals surface area contributed by atoms with E-state index in [0.29, 0.717) is 17.8 Å². The Morgan fingerprint density at radius 2 is 1.71 bits per heavy atom. The third kappa shape index (κ3) is 1.79. The van der Waals surface area contributed by atoms with Gasteiger partial charge >= 0.3 is 0 Å². The molecule has 4 aliphatic carbocycles. The van der Waals surface area contributed by atoms with Crippen molar-refractivity contribution in [1.82, 2.24) is 0 Å². The van der Waals surface area contributed by atoms with Gasteiger partial charge in [0.1, 0.15) is 0 Å². The second-order valence-electron chi connectivity index (χ2n) is 8.88. The molecule has 21 heavy (non-hydrogen) atoms. The molecular formula is C20H28O. The lowest BCUT2D eigenvalue weighted by atomic mass is 9.41. The molecule has 0 radical (unpaired) electrons. The maximum atomic E-state index is 11.8. The molecule has 1 N–H and O–H groups in total. The Kier molecular flexibility index (Phi) is 2.86. The van der Waals surface area contributed by atoms with Crippen LogP contribution in [0.15, 0.2) is 30.3 Å². The first-order valence-corrected chi connectivity index (χ1v) is 8.68. The molecule has 0 aliphatic heterocycles. The van der Waals surface area contributed by atoms with Gasteiger partial charge in [0.05, 0.1) is 5.60 Å². The molecule has 114 valence electrons. The van der Waals surface area contributed by atoms with Crippen LogP contribution in [0.1, 0.15) is 57.9 Å². The van der Waals surface area contributed by atoms with E-state index >= 15 is 0 Å². The minimum atomic E-state index is -0.485. The maximum Gasteiger partial charge on any atom is 0.0757 e. The molecule has 0 aromatic heterocycles. The van der Waals surface area contributed by atoms with Crippen molar-refractivity contribution in [3.8, 4) is 0 Å². The van der Waals surface area contributed by atoms with Crippen LogP contribution >= 0.6 is 0 Å². The van der Waals surface area contributed by atoms with Crippen LogP contribution in [0.4, 0.5) is 0 Å². The number of hydrogen-bond acceptors (Lipinski definition) is 1. The summed E-state index contributed by atoms with van der Waals surface area (Å²) in [6.07, 6.45) is 5.13. The topological polar surface area (TPSA) is 20.2 Å². The predicted molar refractivity (Wildman–Crippen MR) is 86.0 cm³/mol. The lowest BCUT2D eigenvalue weighted by Gasteiger charge is -2.66. The Morgan fingerprint density at radius 1 is 1.00 bits per heavy atom. The summed E-state index contributed by atoms with van der Waals surface area (Å²) in [5, 5.41) is 11.8. The van der Waals surface area contributed by atoms with E-state index in [4.69, 9.17) is 0 Å². The third-order valence-corrected chi connectivity index (χ3v) is 6.94. The van der Waals surface area contributed by atoms with Gasteiger partial charge in [0.2, 0.25) is 0 Å². The molecule has 0 unspecified atom stereocenters. The summed E-state index contributed by atoms with van der Waals surface area (Å²) in [6.45, 7) is 6.74. The first kappa shape index (κ1) is 13.8. The fourth-order valence-electron chi connectivity index (χ4n) is 6.27. The molecule has 1 aromatic rings. The Labute approximate surface area is 128 Å². The largest absolute Gasteiger partial charge is 0.389 e. The van der Waals surface area contributed by atoms with E-state index in [-0.39, 0.29) is 5.41 Å². The first-order valence-electron chi connectivity index (χ1n) is 8.68. The van der Waals surface area contributed by atoms with Crippen LogP contribution in [-0.2, 0) is 0 Å². The minimum absolute atomic E-state index is 0.0252. The van der Waals surface area contributed by atoms with E-state index in [2.05, 4.69) is 51.1 Å². The molecule has 0 spiro atoms. The van der Waals surface area contributed by atoms with Gasteiger partial charge in [-0.15, -0.1) is 0 Å². The Hall–Kier alpha value is -0.820. The lowest BCUT2D eigenvalue weighted by Crippen LogP contribution is -2.65. The average Bonchev–Trinajstić information content (AvgIpc) is 2.43. The van der Waals surface area contributed by atoms with Crippen LogP contribution in [0.2, 0.25) is 0 Å². The van der Waals surface area contributed by atoms with Crippen LogP contribution in [-0.4, -0.2) is 10.7 Å². The van der Waals surface area contributed by atoms with Crippen LogP contribution in [0.25, 0.3) is 0 Å². The summed E-state index contributed by atoms with van der Waals surface area (Å²) in [6, 6.07) is 11.0. The van der Waals surface area contributed by atoms with E-state index < -0.39 is 5.60 Å². The van der Waals surface area contributed by atoms with Crippen LogP contribution in [0.5, 0.6) is 0 Å². The number of rotatable bonds is 1. The average molecular weight is 284 g/mol. The number of hydrogen-bond donors (Lipinski definition) is 1. The van der Waals surface area contributed by atoms with Crippen LogP contribution in [0, 0.1) is 29.1 Å².